The summed E-state index contributed by atoms with van der Waals surface area (Å²) >= 11 is 0. The molecule has 0 spiro atoms. The van der Waals surface area contributed by atoms with Crippen molar-refractivity contribution < 1.29 is 8.42 Å². The van der Waals surface area contributed by atoms with E-state index in [9.17, 15) is 8.42 Å². The van der Waals surface area contributed by atoms with Gasteiger partial charge in [-0.2, -0.15) is 0 Å². The number of anilines is 1. The van der Waals surface area contributed by atoms with Gasteiger partial charge in [0.25, 0.3) is 0 Å². The van der Waals surface area contributed by atoms with Crippen LogP contribution in [0, 0.1) is 0 Å². The van der Waals surface area contributed by atoms with E-state index in [-0.39, 0.29) is 0 Å². The molecule has 0 amide bonds. The first-order chi connectivity index (χ1) is 7.54. The van der Waals surface area contributed by atoms with Gasteiger partial charge < -0.3 is 5.32 Å². The van der Waals surface area contributed by atoms with Gasteiger partial charge in [-0.3, -0.25) is 4.72 Å². The van der Waals surface area contributed by atoms with Crippen molar-refractivity contribution in [3.8, 4) is 0 Å². The highest BCUT2D eigenvalue weighted by Crippen LogP contribution is 2.19. The maximum atomic E-state index is 11.1. The standard InChI is InChI=1S/C11H16N2O2S/c1-16(14,15)13-11-3-2-9-4-6-12-7-5-10(9)8-11/h2-3,8,12-13H,4-7H2,1H3. The SMILES string of the molecule is CS(=O)(=O)Nc1ccc2c(c1)CCNCC2. The van der Waals surface area contributed by atoms with Crippen LogP contribution in [0.15, 0.2) is 18.2 Å². The van der Waals surface area contributed by atoms with Crippen LogP contribution >= 0.6 is 0 Å². The van der Waals surface area contributed by atoms with Crippen LogP contribution in [0.3, 0.4) is 0 Å². The summed E-state index contributed by atoms with van der Waals surface area (Å²) in [5.74, 6) is 0. The molecule has 2 rings (SSSR count). The molecule has 0 atom stereocenters. The van der Waals surface area contributed by atoms with Gasteiger partial charge in [-0.15, -0.1) is 0 Å². The number of sulfonamides is 1. The van der Waals surface area contributed by atoms with Crippen LogP contribution in [-0.2, 0) is 22.9 Å². The molecular weight excluding hydrogens is 224 g/mol. The molecule has 0 radical (unpaired) electrons. The van der Waals surface area contributed by atoms with Crippen LogP contribution in [0.25, 0.3) is 0 Å². The van der Waals surface area contributed by atoms with Gasteiger partial charge in [-0.05, 0) is 49.2 Å². The van der Waals surface area contributed by atoms with Crippen molar-refractivity contribution in [1.29, 1.82) is 0 Å². The normalized spacial score (nSPS) is 16.3. The minimum absolute atomic E-state index is 0.656. The third-order valence-corrected chi connectivity index (χ3v) is 3.26. The lowest BCUT2D eigenvalue weighted by Gasteiger charge is -2.09. The Balaban J connectivity index is 2.27. The molecule has 0 aromatic heterocycles. The Bertz CT molecular complexity index is 483. The van der Waals surface area contributed by atoms with Crippen LogP contribution in [0.5, 0.6) is 0 Å². The Kier molecular flexibility index (Phi) is 3.16. The number of fused-ring (bicyclic) bond motifs is 1. The summed E-state index contributed by atoms with van der Waals surface area (Å²) in [4.78, 5) is 0. The van der Waals surface area contributed by atoms with E-state index in [0.717, 1.165) is 25.9 Å². The van der Waals surface area contributed by atoms with Crippen molar-refractivity contribution in [2.75, 3.05) is 24.1 Å². The van der Waals surface area contributed by atoms with E-state index < -0.39 is 10.0 Å². The third kappa shape index (κ3) is 2.96. The Hall–Kier alpha value is -1.07. The molecule has 1 aromatic rings. The minimum atomic E-state index is -3.18. The first kappa shape index (κ1) is 11.4. The Labute approximate surface area is 96.1 Å². The zero-order valence-corrected chi connectivity index (χ0v) is 10.1. The number of rotatable bonds is 2. The molecule has 1 aliphatic heterocycles. The van der Waals surface area contributed by atoms with E-state index in [1.54, 1.807) is 0 Å². The molecule has 4 nitrogen and oxygen atoms in total. The summed E-state index contributed by atoms with van der Waals surface area (Å²) in [6, 6.07) is 5.77. The van der Waals surface area contributed by atoms with Crippen LogP contribution in [0.1, 0.15) is 11.1 Å². The Morgan fingerprint density at radius 1 is 1.19 bits per heavy atom. The van der Waals surface area contributed by atoms with E-state index in [2.05, 4.69) is 10.0 Å². The van der Waals surface area contributed by atoms with Gasteiger partial charge in [-0.1, -0.05) is 6.07 Å². The molecule has 1 aliphatic rings. The van der Waals surface area contributed by atoms with Gasteiger partial charge in [0.1, 0.15) is 0 Å². The minimum Gasteiger partial charge on any atom is -0.316 e. The molecule has 0 bridgehead atoms. The van der Waals surface area contributed by atoms with Gasteiger partial charge in [0.05, 0.1) is 6.26 Å². The average Bonchev–Trinajstić information content (AvgIpc) is 2.39. The fourth-order valence-electron chi connectivity index (χ4n) is 1.95. The maximum absolute atomic E-state index is 11.1. The van der Waals surface area contributed by atoms with E-state index in [1.807, 2.05) is 18.2 Å². The van der Waals surface area contributed by atoms with E-state index in [0.29, 0.717) is 5.69 Å². The van der Waals surface area contributed by atoms with Gasteiger partial charge in [0.2, 0.25) is 10.0 Å². The van der Waals surface area contributed by atoms with Crippen LogP contribution in [-0.4, -0.2) is 27.8 Å². The summed E-state index contributed by atoms with van der Waals surface area (Å²) in [6.07, 6.45) is 3.13. The molecule has 0 fully saturated rings. The lowest BCUT2D eigenvalue weighted by atomic mass is 10.0. The summed E-state index contributed by atoms with van der Waals surface area (Å²) in [5, 5.41) is 3.32. The predicted molar refractivity (Wildman–Crippen MR) is 65.2 cm³/mol. The van der Waals surface area contributed by atoms with Crippen molar-refractivity contribution >= 4 is 15.7 Å². The van der Waals surface area contributed by atoms with Crippen molar-refractivity contribution in [2.24, 2.45) is 0 Å². The Morgan fingerprint density at radius 2 is 1.88 bits per heavy atom. The molecule has 5 heteroatoms. The molecule has 16 heavy (non-hydrogen) atoms. The zero-order valence-electron chi connectivity index (χ0n) is 9.29. The van der Waals surface area contributed by atoms with Crippen molar-refractivity contribution in [1.82, 2.24) is 5.32 Å². The molecule has 0 saturated carbocycles. The van der Waals surface area contributed by atoms with Crippen LogP contribution in [0.4, 0.5) is 5.69 Å². The summed E-state index contributed by atoms with van der Waals surface area (Å²) in [5.41, 5.74) is 3.20. The van der Waals surface area contributed by atoms with Crippen molar-refractivity contribution in [2.45, 2.75) is 12.8 Å². The molecule has 0 unspecified atom stereocenters. The zero-order chi connectivity index (χ0) is 11.6. The van der Waals surface area contributed by atoms with Gasteiger partial charge in [0, 0.05) is 5.69 Å². The van der Waals surface area contributed by atoms with Crippen molar-refractivity contribution in [3.63, 3.8) is 0 Å². The monoisotopic (exact) mass is 240 g/mol. The second-order valence-electron chi connectivity index (χ2n) is 4.11. The molecule has 88 valence electrons. The Morgan fingerprint density at radius 3 is 2.56 bits per heavy atom. The van der Waals surface area contributed by atoms with Crippen molar-refractivity contribution in [3.05, 3.63) is 29.3 Å². The predicted octanol–water partition coefficient (Wildman–Crippen LogP) is 0.746. The molecule has 0 saturated heterocycles. The van der Waals surface area contributed by atoms with Crippen LogP contribution in [0.2, 0.25) is 0 Å². The van der Waals surface area contributed by atoms with E-state index in [4.69, 9.17) is 0 Å². The molecule has 0 aliphatic carbocycles. The highest BCUT2D eigenvalue weighted by Gasteiger charge is 2.09. The smallest absolute Gasteiger partial charge is 0.229 e. The fourth-order valence-corrected chi connectivity index (χ4v) is 2.51. The van der Waals surface area contributed by atoms with E-state index in [1.165, 1.54) is 17.4 Å². The first-order valence-corrected chi connectivity index (χ1v) is 7.24. The lowest BCUT2D eigenvalue weighted by molar-refractivity contribution is 0.607. The molecule has 1 aromatic carbocycles. The van der Waals surface area contributed by atoms with Gasteiger partial charge in [0.15, 0.2) is 0 Å². The third-order valence-electron chi connectivity index (χ3n) is 2.65. The first-order valence-electron chi connectivity index (χ1n) is 5.35. The lowest BCUT2D eigenvalue weighted by Crippen LogP contribution is -2.16. The summed E-state index contributed by atoms with van der Waals surface area (Å²) < 4.78 is 24.7. The maximum Gasteiger partial charge on any atom is 0.229 e. The van der Waals surface area contributed by atoms with E-state index >= 15 is 0 Å². The largest absolute Gasteiger partial charge is 0.316 e. The second-order valence-corrected chi connectivity index (χ2v) is 5.86. The quantitative estimate of drug-likeness (QED) is 0.802. The molecular formula is C11H16N2O2S. The molecule has 1 heterocycles. The number of hydrogen-bond donors (Lipinski definition) is 2. The van der Waals surface area contributed by atoms with Gasteiger partial charge >= 0.3 is 0 Å². The fraction of sp³-hybridized carbons (Fsp3) is 0.455. The van der Waals surface area contributed by atoms with Crippen LogP contribution < -0.4 is 10.0 Å². The number of hydrogen-bond acceptors (Lipinski definition) is 3. The molecule has 2 N–H and O–H groups in total. The average molecular weight is 240 g/mol. The summed E-state index contributed by atoms with van der Waals surface area (Å²) in [6.45, 7) is 1.95. The number of benzene rings is 1. The highest BCUT2D eigenvalue weighted by molar-refractivity contribution is 7.92. The number of nitrogens with one attached hydrogen (secondary N) is 2. The topological polar surface area (TPSA) is 58.2 Å². The second kappa shape index (κ2) is 4.43. The highest BCUT2D eigenvalue weighted by atomic mass is 32.2. The summed E-state index contributed by atoms with van der Waals surface area (Å²) in [7, 11) is -3.18. The van der Waals surface area contributed by atoms with Gasteiger partial charge in [-0.25, -0.2) is 8.42 Å².